The molecule has 1 aromatic carbocycles. The highest BCUT2D eigenvalue weighted by molar-refractivity contribution is 6.03. The minimum Gasteiger partial charge on any atom is -0.502 e. The number of aromatic hydroxyl groups is 1. The van der Waals surface area contributed by atoms with Crippen molar-refractivity contribution in [2.45, 2.75) is 19.3 Å². The molecule has 0 unspecified atom stereocenters. The van der Waals surface area contributed by atoms with Gasteiger partial charge in [-0.15, -0.1) is 0 Å². The van der Waals surface area contributed by atoms with Crippen LogP contribution >= 0.6 is 0 Å². The first kappa shape index (κ1) is 12.0. The van der Waals surface area contributed by atoms with Gasteiger partial charge < -0.3 is 5.11 Å². The fourth-order valence-corrected chi connectivity index (χ4v) is 2.09. The summed E-state index contributed by atoms with van der Waals surface area (Å²) in [6.07, 6.45) is 0.776. The predicted octanol–water partition coefficient (Wildman–Crippen LogP) is 1.73. The smallest absolute Gasteiger partial charge is 0.317 e. The summed E-state index contributed by atoms with van der Waals surface area (Å²) >= 11 is 0. The number of benzene rings is 1. The van der Waals surface area contributed by atoms with Crippen molar-refractivity contribution in [1.29, 1.82) is 0 Å². The van der Waals surface area contributed by atoms with Gasteiger partial charge in [0.05, 0.1) is 15.9 Å². The lowest BCUT2D eigenvalue weighted by atomic mass is 9.88. The minimum absolute atomic E-state index is 0.00662. The van der Waals surface area contributed by atoms with E-state index in [1.165, 1.54) is 0 Å². The van der Waals surface area contributed by atoms with Gasteiger partial charge in [-0.2, -0.15) is 0 Å². The Kier molecular flexibility index (Phi) is 2.70. The monoisotopic (exact) mass is 252 g/mol. The van der Waals surface area contributed by atoms with Crippen molar-refractivity contribution in [3.63, 3.8) is 0 Å². The molecule has 0 saturated carbocycles. The summed E-state index contributed by atoms with van der Waals surface area (Å²) in [6.45, 7) is 0. The highest BCUT2D eigenvalue weighted by Crippen LogP contribution is 2.41. The number of phenols is 1. The van der Waals surface area contributed by atoms with E-state index in [0.717, 1.165) is 0 Å². The van der Waals surface area contributed by atoms with Crippen molar-refractivity contribution < 1.29 is 19.7 Å². The summed E-state index contributed by atoms with van der Waals surface area (Å²) in [5.74, 6) is -1.11. The van der Waals surface area contributed by atoms with Gasteiger partial charge in [-0.3, -0.25) is 25.0 Å². The number of nitrogens with zero attached hydrogens (tertiary/aromatic N) is 2. The van der Waals surface area contributed by atoms with Crippen molar-refractivity contribution in [2.24, 2.45) is 0 Å². The van der Waals surface area contributed by atoms with Gasteiger partial charge in [0, 0.05) is 12.0 Å². The summed E-state index contributed by atoms with van der Waals surface area (Å²) in [4.78, 5) is 31.5. The number of hydrogen-bond donors (Lipinski definition) is 1. The van der Waals surface area contributed by atoms with Crippen LogP contribution in [0.3, 0.4) is 0 Å². The Morgan fingerprint density at radius 3 is 2.28 bits per heavy atom. The van der Waals surface area contributed by atoms with Crippen LogP contribution in [-0.2, 0) is 6.42 Å². The summed E-state index contributed by atoms with van der Waals surface area (Å²) in [6, 6.07) is 0.636. The zero-order chi connectivity index (χ0) is 13.4. The van der Waals surface area contributed by atoms with E-state index in [0.29, 0.717) is 12.5 Å². The van der Waals surface area contributed by atoms with Gasteiger partial charge in [-0.05, 0) is 12.8 Å². The number of ketones is 1. The van der Waals surface area contributed by atoms with Gasteiger partial charge in [-0.1, -0.05) is 0 Å². The molecule has 0 saturated heterocycles. The zero-order valence-electron chi connectivity index (χ0n) is 9.08. The number of nitro groups is 2. The number of rotatable bonds is 2. The standard InChI is InChI=1S/C10H8N2O6/c13-8-3-1-2-5-9(8)6(11(15)16)4-7(10(5)14)12(17)18/h4,14H,1-3H2. The number of carbonyl (C=O) groups is 1. The first-order chi connectivity index (χ1) is 8.43. The second kappa shape index (κ2) is 4.06. The maximum Gasteiger partial charge on any atom is 0.317 e. The molecule has 1 aromatic rings. The van der Waals surface area contributed by atoms with Gasteiger partial charge in [0.25, 0.3) is 5.69 Å². The van der Waals surface area contributed by atoms with Gasteiger partial charge in [0.2, 0.25) is 0 Å². The molecule has 1 N–H and O–H groups in total. The van der Waals surface area contributed by atoms with E-state index in [4.69, 9.17) is 0 Å². The Bertz CT molecular complexity index is 580. The normalized spacial score (nSPS) is 14.1. The molecule has 0 aliphatic heterocycles. The predicted molar refractivity (Wildman–Crippen MR) is 58.7 cm³/mol. The number of hydrogen-bond acceptors (Lipinski definition) is 6. The Labute approximate surface area is 100 Å². The van der Waals surface area contributed by atoms with Crippen LogP contribution in [0.25, 0.3) is 0 Å². The second-order valence-electron chi connectivity index (χ2n) is 3.91. The van der Waals surface area contributed by atoms with E-state index in [1.807, 2.05) is 0 Å². The molecule has 0 aromatic heterocycles. The van der Waals surface area contributed by atoms with Crippen LogP contribution in [0.15, 0.2) is 6.07 Å². The average molecular weight is 252 g/mol. The van der Waals surface area contributed by atoms with Gasteiger partial charge in [0.15, 0.2) is 11.5 Å². The number of phenolic OH excluding ortho intramolecular Hbond substituents is 1. The summed E-state index contributed by atoms with van der Waals surface area (Å²) in [5, 5.41) is 31.3. The Balaban J connectivity index is 2.81. The lowest BCUT2D eigenvalue weighted by Gasteiger charge is -2.15. The highest BCUT2D eigenvalue weighted by Gasteiger charge is 2.34. The maximum absolute atomic E-state index is 11.7. The number of carbonyl (C=O) groups excluding carboxylic acids is 1. The van der Waals surface area contributed by atoms with E-state index < -0.39 is 32.8 Å². The van der Waals surface area contributed by atoms with Gasteiger partial charge in [-0.25, -0.2) is 0 Å². The second-order valence-corrected chi connectivity index (χ2v) is 3.91. The Morgan fingerprint density at radius 2 is 1.72 bits per heavy atom. The molecule has 18 heavy (non-hydrogen) atoms. The van der Waals surface area contributed by atoms with Crippen molar-refractivity contribution >= 4 is 17.2 Å². The van der Waals surface area contributed by atoms with Crippen LogP contribution in [0.4, 0.5) is 11.4 Å². The molecule has 1 aliphatic carbocycles. The maximum atomic E-state index is 11.7. The molecule has 0 radical (unpaired) electrons. The SMILES string of the molecule is O=C1CCCc2c(O)c([N+](=O)[O-])cc([N+](=O)[O-])c21. The van der Waals surface area contributed by atoms with Crippen molar-refractivity contribution in [2.75, 3.05) is 0 Å². The fourth-order valence-electron chi connectivity index (χ4n) is 2.09. The van der Waals surface area contributed by atoms with E-state index in [2.05, 4.69) is 0 Å². The largest absolute Gasteiger partial charge is 0.502 e. The van der Waals surface area contributed by atoms with Crippen LogP contribution in [-0.4, -0.2) is 20.7 Å². The third-order valence-electron chi connectivity index (χ3n) is 2.86. The van der Waals surface area contributed by atoms with Crippen molar-refractivity contribution in [1.82, 2.24) is 0 Å². The zero-order valence-corrected chi connectivity index (χ0v) is 9.08. The van der Waals surface area contributed by atoms with Gasteiger partial charge in [0.1, 0.15) is 5.56 Å². The first-order valence-electron chi connectivity index (χ1n) is 5.14. The quantitative estimate of drug-likeness (QED) is 0.631. The third-order valence-corrected chi connectivity index (χ3v) is 2.86. The Hall–Kier alpha value is -2.51. The van der Waals surface area contributed by atoms with Crippen LogP contribution in [0, 0.1) is 20.2 Å². The average Bonchev–Trinajstić information content (AvgIpc) is 2.29. The molecule has 0 amide bonds. The van der Waals surface area contributed by atoms with E-state index in [-0.39, 0.29) is 24.0 Å². The number of fused-ring (bicyclic) bond motifs is 1. The van der Waals surface area contributed by atoms with E-state index in [9.17, 15) is 30.1 Å². The molecule has 2 rings (SSSR count). The lowest BCUT2D eigenvalue weighted by Crippen LogP contribution is -2.14. The molecule has 0 heterocycles. The van der Waals surface area contributed by atoms with E-state index >= 15 is 0 Å². The summed E-state index contributed by atoms with van der Waals surface area (Å²) in [5.41, 5.74) is -1.55. The lowest BCUT2D eigenvalue weighted by molar-refractivity contribution is -0.395. The molecular formula is C10H8N2O6. The fraction of sp³-hybridized carbons (Fsp3) is 0.300. The molecule has 1 aliphatic rings. The van der Waals surface area contributed by atoms with Crippen LogP contribution < -0.4 is 0 Å². The van der Waals surface area contributed by atoms with Crippen molar-refractivity contribution in [3.05, 3.63) is 37.4 Å². The molecular weight excluding hydrogens is 244 g/mol. The molecule has 94 valence electrons. The Morgan fingerprint density at radius 1 is 1.11 bits per heavy atom. The molecule has 8 heteroatoms. The highest BCUT2D eigenvalue weighted by atomic mass is 16.6. The minimum atomic E-state index is -0.901. The summed E-state index contributed by atoms with van der Waals surface area (Å²) < 4.78 is 0. The van der Waals surface area contributed by atoms with E-state index in [1.54, 1.807) is 0 Å². The molecule has 0 bridgehead atoms. The van der Waals surface area contributed by atoms with Crippen LogP contribution in [0.1, 0.15) is 28.8 Å². The topological polar surface area (TPSA) is 124 Å². The molecule has 0 spiro atoms. The molecule has 0 atom stereocenters. The summed E-state index contributed by atoms with van der Waals surface area (Å²) in [7, 11) is 0. The third kappa shape index (κ3) is 1.67. The van der Waals surface area contributed by atoms with Gasteiger partial charge >= 0.3 is 5.69 Å². The van der Waals surface area contributed by atoms with Crippen LogP contribution in [0.2, 0.25) is 0 Å². The van der Waals surface area contributed by atoms with Crippen LogP contribution in [0.5, 0.6) is 5.75 Å². The first-order valence-corrected chi connectivity index (χ1v) is 5.14. The van der Waals surface area contributed by atoms with Crippen molar-refractivity contribution in [3.8, 4) is 5.75 Å². The number of Topliss-reactive ketones (excluding diaryl/α,β-unsaturated/α-hetero) is 1. The number of nitro benzene ring substituents is 2. The molecule has 0 fully saturated rings. The molecule has 8 nitrogen and oxygen atoms in total.